The van der Waals surface area contributed by atoms with Crippen molar-refractivity contribution >= 4 is 5.78 Å². The molecule has 1 aliphatic heterocycles. The highest BCUT2D eigenvalue weighted by Gasteiger charge is 2.19. The lowest BCUT2D eigenvalue weighted by Gasteiger charge is -2.13. The first-order chi connectivity index (χ1) is 8.18. The number of ether oxygens (including phenoxy) is 2. The largest absolute Gasteiger partial charge is 0.490 e. The van der Waals surface area contributed by atoms with Gasteiger partial charge < -0.3 is 9.47 Å². The van der Waals surface area contributed by atoms with Gasteiger partial charge in [-0.25, -0.2) is 4.39 Å². The Labute approximate surface area is 99.5 Å². The first-order valence-electron chi connectivity index (χ1n) is 5.72. The van der Waals surface area contributed by atoms with E-state index >= 15 is 0 Å². The summed E-state index contributed by atoms with van der Waals surface area (Å²) in [7, 11) is 0. The molecule has 1 aromatic carbocycles. The van der Waals surface area contributed by atoms with Crippen molar-refractivity contribution in [1.29, 1.82) is 0 Å². The van der Waals surface area contributed by atoms with Crippen molar-refractivity contribution in [2.24, 2.45) is 0 Å². The summed E-state index contributed by atoms with van der Waals surface area (Å²) in [5, 5.41) is 0. The van der Waals surface area contributed by atoms with Crippen LogP contribution in [-0.2, 0) is 4.74 Å². The molecule has 0 aliphatic carbocycles. The number of Topliss-reactive ketones (excluding diaryl/α,β-unsaturated/α-hetero) is 1. The van der Waals surface area contributed by atoms with Gasteiger partial charge in [-0.15, -0.1) is 0 Å². The average molecular weight is 238 g/mol. The van der Waals surface area contributed by atoms with Crippen molar-refractivity contribution in [3.05, 3.63) is 29.6 Å². The summed E-state index contributed by atoms with van der Waals surface area (Å²) < 4.78 is 24.3. The van der Waals surface area contributed by atoms with E-state index in [4.69, 9.17) is 9.47 Å². The highest BCUT2D eigenvalue weighted by atomic mass is 19.1. The summed E-state index contributed by atoms with van der Waals surface area (Å²) in [6, 6.07) is 4.40. The molecule has 0 bridgehead atoms. The second-order valence-corrected chi connectivity index (χ2v) is 4.12. The molecule has 1 heterocycles. The van der Waals surface area contributed by atoms with Gasteiger partial charge in [0.15, 0.2) is 5.78 Å². The van der Waals surface area contributed by atoms with Crippen molar-refractivity contribution in [3.8, 4) is 5.75 Å². The Balaban J connectivity index is 2.09. The summed E-state index contributed by atoms with van der Waals surface area (Å²) in [5.74, 6) is -0.569. The molecule has 1 aliphatic rings. The maximum Gasteiger partial charge on any atom is 0.166 e. The number of ketones is 1. The molecule has 0 radical (unpaired) electrons. The highest BCUT2D eigenvalue weighted by molar-refractivity contribution is 5.97. The zero-order chi connectivity index (χ0) is 12.3. The van der Waals surface area contributed by atoms with Crippen LogP contribution in [0, 0.1) is 5.82 Å². The van der Waals surface area contributed by atoms with Crippen LogP contribution in [0.25, 0.3) is 0 Å². The molecule has 0 N–H and O–H groups in total. The van der Waals surface area contributed by atoms with Crippen molar-refractivity contribution < 1.29 is 18.7 Å². The molecule has 1 saturated heterocycles. The molecule has 1 fully saturated rings. The third kappa shape index (κ3) is 2.82. The van der Waals surface area contributed by atoms with Gasteiger partial charge in [0.25, 0.3) is 0 Å². The van der Waals surface area contributed by atoms with E-state index in [1.165, 1.54) is 19.1 Å². The van der Waals surface area contributed by atoms with E-state index in [9.17, 15) is 9.18 Å². The molecule has 2 rings (SSSR count). The number of hydrogen-bond donors (Lipinski definition) is 0. The molecule has 0 spiro atoms. The van der Waals surface area contributed by atoms with E-state index < -0.39 is 5.82 Å². The SMILES string of the molecule is CC(=O)c1c(F)cccc1OCC1CCCO1. The number of hydrogen-bond acceptors (Lipinski definition) is 3. The molecule has 3 nitrogen and oxygen atoms in total. The third-order valence-corrected chi connectivity index (χ3v) is 2.78. The van der Waals surface area contributed by atoms with Gasteiger partial charge in [0.1, 0.15) is 18.2 Å². The van der Waals surface area contributed by atoms with Gasteiger partial charge in [-0.1, -0.05) is 6.07 Å². The topological polar surface area (TPSA) is 35.5 Å². The lowest BCUT2D eigenvalue weighted by atomic mass is 10.1. The van der Waals surface area contributed by atoms with E-state index in [2.05, 4.69) is 0 Å². The summed E-state index contributed by atoms with van der Waals surface area (Å²) in [4.78, 5) is 11.3. The summed E-state index contributed by atoms with van der Waals surface area (Å²) in [6.07, 6.45) is 2.03. The Morgan fingerprint density at radius 2 is 2.41 bits per heavy atom. The van der Waals surface area contributed by atoms with Gasteiger partial charge in [0.2, 0.25) is 0 Å². The number of rotatable bonds is 4. The van der Waals surface area contributed by atoms with Gasteiger partial charge in [-0.3, -0.25) is 4.79 Å². The van der Waals surface area contributed by atoms with E-state index in [0.29, 0.717) is 12.4 Å². The second-order valence-electron chi connectivity index (χ2n) is 4.12. The van der Waals surface area contributed by atoms with Crippen LogP contribution in [0.3, 0.4) is 0 Å². The van der Waals surface area contributed by atoms with E-state index in [-0.39, 0.29) is 17.5 Å². The molecule has 1 atom stereocenters. The molecule has 1 aromatic rings. The predicted octanol–water partition coefficient (Wildman–Crippen LogP) is 2.59. The smallest absolute Gasteiger partial charge is 0.166 e. The summed E-state index contributed by atoms with van der Waals surface area (Å²) >= 11 is 0. The maximum absolute atomic E-state index is 13.5. The van der Waals surface area contributed by atoms with Crippen LogP contribution in [0.2, 0.25) is 0 Å². The Morgan fingerprint density at radius 1 is 1.59 bits per heavy atom. The molecule has 1 unspecified atom stereocenters. The zero-order valence-corrected chi connectivity index (χ0v) is 9.74. The fourth-order valence-corrected chi connectivity index (χ4v) is 1.92. The van der Waals surface area contributed by atoms with Gasteiger partial charge in [0, 0.05) is 6.61 Å². The molecular formula is C13H15FO3. The fourth-order valence-electron chi connectivity index (χ4n) is 1.92. The molecule has 4 heteroatoms. The van der Waals surface area contributed by atoms with Crippen LogP contribution < -0.4 is 4.74 Å². The van der Waals surface area contributed by atoms with E-state index in [1.807, 2.05) is 0 Å². The lowest BCUT2D eigenvalue weighted by Crippen LogP contribution is -2.17. The lowest BCUT2D eigenvalue weighted by molar-refractivity contribution is 0.0671. The van der Waals surface area contributed by atoms with Crippen LogP contribution in [0.5, 0.6) is 5.75 Å². The Morgan fingerprint density at radius 3 is 3.06 bits per heavy atom. The Kier molecular flexibility index (Phi) is 3.74. The molecule has 0 aromatic heterocycles. The number of halogens is 1. The van der Waals surface area contributed by atoms with Crippen molar-refractivity contribution in [2.75, 3.05) is 13.2 Å². The molecule has 0 saturated carbocycles. The minimum atomic E-state index is -0.539. The van der Waals surface area contributed by atoms with Crippen molar-refractivity contribution in [2.45, 2.75) is 25.9 Å². The first kappa shape index (κ1) is 12.0. The van der Waals surface area contributed by atoms with Crippen LogP contribution in [0.4, 0.5) is 4.39 Å². The van der Waals surface area contributed by atoms with E-state index in [0.717, 1.165) is 19.4 Å². The molecule has 92 valence electrons. The van der Waals surface area contributed by atoms with E-state index in [1.54, 1.807) is 6.07 Å². The quantitative estimate of drug-likeness (QED) is 0.756. The normalized spacial score (nSPS) is 19.3. The maximum atomic E-state index is 13.5. The number of carbonyl (C=O) groups is 1. The monoisotopic (exact) mass is 238 g/mol. The Hall–Kier alpha value is -1.42. The number of benzene rings is 1. The number of carbonyl (C=O) groups excluding carboxylic acids is 1. The van der Waals surface area contributed by atoms with Crippen molar-refractivity contribution in [3.63, 3.8) is 0 Å². The minimum Gasteiger partial charge on any atom is -0.490 e. The fraction of sp³-hybridized carbons (Fsp3) is 0.462. The molecule has 17 heavy (non-hydrogen) atoms. The first-order valence-corrected chi connectivity index (χ1v) is 5.72. The minimum absolute atomic E-state index is 0.0190. The standard InChI is InChI=1S/C13H15FO3/c1-9(15)13-11(14)5-2-6-12(13)17-8-10-4-3-7-16-10/h2,5-6,10H,3-4,7-8H2,1H3. The van der Waals surface area contributed by atoms with Crippen LogP contribution >= 0.6 is 0 Å². The summed E-state index contributed by atoms with van der Waals surface area (Å²) in [5.41, 5.74) is 0.0190. The molecular weight excluding hydrogens is 223 g/mol. The predicted molar refractivity (Wildman–Crippen MR) is 60.9 cm³/mol. The average Bonchev–Trinajstić information content (AvgIpc) is 2.78. The highest BCUT2D eigenvalue weighted by Crippen LogP contribution is 2.23. The molecule has 0 amide bonds. The van der Waals surface area contributed by atoms with Crippen LogP contribution in [0.1, 0.15) is 30.1 Å². The van der Waals surface area contributed by atoms with Crippen LogP contribution in [-0.4, -0.2) is 25.1 Å². The van der Waals surface area contributed by atoms with Gasteiger partial charge in [-0.2, -0.15) is 0 Å². The summed E-state index contributed by atoms with van der Waals surface area (Å²) in [6.45, 7) is 2.44. The zero-order valence-electron chi connectivity index (χ0n) is 9.74. The van der Waals surface area contributed by atoms with Gasteiger partial charge >= 0.3 is 0 Å². The van der Waals surface area contributed by atoms with Gasteiger partial charge in [-0.05, 0) is 31.9 Å². The van der Waals surface area contributed by atoms with Crippen molar-refractivity contribution in [1.82, 2.24) is 0 Å². The third-order valence-electron chi connectivity index (χ3n) is 2.78. The second kappa shape index (κ2) is 5.27. The Bertz CT molecular complexity index is 411. The van der Waals surface area contributed by atoms with Crippen LogP contribution in [0.15, 0.2) is 18.2 Å². The van der Waals surface area contributed by atoms with Gasteiger partial charge in [0.05, 0.1) is 11.7 Å².